The monoisotopic (exact) mass is 867 g/mol. The third-order valence-corrected chi connectivity index (χ3v) is 11.5. The van der Waals surface area contributed by atoms with Gasteiger partial charge in [0.2, 0.25) is 0 Å². The number of hydrogen-bond acceptors (Lipinski definition) is 5. The largest absolute Gasteiger partial charge is 0.462 e. The molecule has 0 bridgehead atoms. The molecule has 0 spiro atoms. The number of hydrogen-bond donors (Lipinski definition) is 0. The fraction of sp³-hybridized carbons (Fsp3) is 0.789. The van der Waals surface area contributed by atoms with Gasteiger partial charge in [0.25, 0.3) is 0 Å². The molecule has 5 nitrogen and oxygen atoms in total. The van der Waals surface area contributed by atoms with Crippen molar-refractivity contribution in [1.82, 2.24) is 0 Å². The minimum absolute atomic E-state index is 0.0755. The van der Waals surface area contributed by atoms with Crippen LogP contribution in [0.25, 0.3) is 0 Å². The molecule has 0 rings (SSSR count). The Morgan fingerprint density at radius 3 is 1.13 bits per heavy atom. The molecule has 0 saturated carbocycles. The molecule has 0 aromatic rings. The normalized spacial score (nSPS) is 12.6. The van der Waals surface area contributed by atoms with Gasteiger partial charge in [0.05, 0.1) is 6.61 Å². The van der Waals surface area contributed by atoms with Gasteiger partial charge in [0.1, 0.15) is 6.61 Å². The molecule has 360 valence electrons. The molecule has 0 aliphatic rings. The zero-order chi connectivity index (χ0) is 44.9. The lowest BCUT2D eigenvalue weighted by atomic mass is 10.1. The Bertz CT molecular complexity index is 1070. The van der Waals surface area contributed by atoms with Crippen molar-refractivity contribution < 1.29 is 23.8 Å². The summed E-state index contributed by atoms with van der Waals surface area (Å²) in [6.45, 7) is 7.74. The lowest BCUT2D eigenvalue weighted by molar-refractivity contribution is -0.163. The van der Waals surface area contributed by atoms with Gasteiger partial charge in [-0.25, -0.2) is 0 Å². The second-order valence-electron chi connectivity index (χ2n) is 17.8. The summed E-state index contributed by atoms with van der Waals surface area (Å²) in [5.41, 5.74) is 0. The van der Waals surface area contributed by atoms with Crippen LogP contribution in [0.15, 0.2) is 60.8 Å². The molecule has 0 saturated heterocycles. The summed E-state index contributed by atoms with van der Waals surface area (Å²) < 4.78 is 17.4. The lowest BCUT2D eigenvalue weighted by Crippen LogP contribution is -2.30. The van der Waals surface area contributed by atoms with Gasteiger partial charge >= 0.3 is 11.9 Å². The predicted molar refractivity (Wildman–Crippen MR) is 270 cm³/mol. The zero-order valence-electron chi connectivity index (χ0n) is 41.4. The first-order chi connectivity index (χ1) is 30.6. The van der Waals surface area contributed by atoms with Crippen molar-refractivity contribution in [3.05, 3.63) is 60.8 Å². The van der Waals surface area contributed by atoms with Crippen molar-refractivity contribution in [3.63, 3.8) is 0 Å². The average Bonchev–Trinajstić information content (AvgIpc) is 3.27. The highest BCUT2D eigenvalue weighted by atomic mass is 16.6. The lowest BCUT2D eigenvalue weighted by Gasteiger charge is -2.18. The van der Waals surface area contributed by atoms with Crippen molar-refractivity contribution in [3.8, 4) is 0 Å². The standard InChI is InChI=1S/C57H102O5/c1-4-7-10-13-16-19-22-25-27-29-31-33-35-38-41-44-47-50-56(58)61-54-55(53-60-52-49-46-43-40-37-24-21-18-15-12-9-6-3)62-57(59)51-48-45-42-39-36-34-32-30-28-26-23-20-17-14-11-8-5-2/h15-20,25-28,55H,4-14,21-24,29-54H2,1-3H3/b18-15-,19-16-,20-17-,27-25-,28-26-. The molecule has 5 heteroatoms. The van der Waals surface area contributed by atoms with Gasteiger partial charge < -0.3 is 14.2 Å². The number of unbranched alkanes of at least 4 members (excludes halogenated alkanes) is 28. The molecule has 0 N–H and O–H groups in total. The first-order valence-corrected chi connectivity index (χ1v) is 26.8. The molecule has 1 atom stereocenters. The Morgan fingerprint density at radius 2 is 0.694 bits per heavy atom. The summed E-state index contributed by atoms with van der Waals surface area (Å²) in [4.78, 5) is 25.4. The summed E-state index contributed by atoms with van der Waals surface area (Å²) in [6.07, 6.45) is 66.5. The van der Waals surface area contributed by atoms with Crippen LogP contribution in [-0.4, -0.2) is 37.9 Å². The van der Waals surface area contributed by atoms with E-state index in [2.05, 4.69) is 81.5 Å². The van der Waals surface area contributed by atoms with Crippen LogP contribution in [0.5, 0.6) is 0 Å². The summed E-state index contributed by atoms with van der Waals surface area (Å²) >= 11 is 0. The van der Waals surface area contributed by atoms with Crippen LogP contribution >= 0.6 is 0 Å². The van der Waals surface area contributed by atoms with Gasteiger partial charge in [-0.3, -0.25) is 9.59 Å². The van der Waals surface area contributed by atoms with Crippen LogP contribution in [0.1, 0.15) is 265 Å². The SMILES string of the molecule is CCCC/C=C\CCCCCCCCOCC(COC(=O)CCCCCCCCC/C=C\C/C=C\CCCCC)OC(=O)CCCCCCCCC/C=C\C/C=C\CCCCC. The highest BCUT2D eigenvalue weighted by Crippen LogP contribution is 2.14. The highest BCUT2D eigenvalue weighted by molar-refractivity contribution is 5.70. The topological polar surface area (TPSA) is 61.8 Å². The van der Waals surface area contributed by atoms with Crippen LogP contribution in [0.4, 0.5) is 0 Å². The van der Waals surface area contributed by atoms with Crippen LogP contribution < -0.4 is 0 Å². The van der Waals surface area contributed by atoms with Crippen molar-refractivity contribution in [2.45, 2.75) is 271 Å². The molecule has 0 amide bonds. The third kappa shape index (κ3) is 50.2. The van der Waals surface area contributed by atoms with Gasteiger partial charge in [0, 0.05) is 19.4 Å². The van der Waals surface area contributed by atoms with Gasteiger partial charge in [-0.1, -0.05) is 210 Å². The molecule has 0 aliphatic carbocycles. The van der Waals surface area contributed by atoms with Gasteiger partial charge in [-0.2, -0.15) is 0 Å². The summed E-state index contributed by atoms with van der Waals surface area (Å²) in [5, 5.41) is 0. The zero-order valence-corrected chi connectivity index (χ0v) is 41.4. The minimum Gasteiger partial charge on any atom is -0.462 e. The number of rotatable bonds is 49. The molecule has 0 radical (unpaired) electrons. The molecule has 0 aromatic carbocycles. The summed E-state index contributed by atoms with van der Waals surface area (Å²) in [6, 6.07) is 0. The predicted octanol–water partition coefficient (Wildman–Crippen LogP) is 18.1. The molecule has 0 heterocycles. The Labute approximate surface area is 385 Å². The molecule has 0 aromatic heterocycles. The number of ether oxygens (including phenoxy) is 3. The van der Waals surface area contributed by atoms with Gasteiger partial charge in [-0.15, -0.1) is 0 Å². The van der Waals surface area contributed by atoms with E-state index in [0.717, 1.165) is 64.2 Å². The minimum atomic E-state index is -0.547. The van der Waals surface area contributed by atoms with E-state index < -0.39 is 6.10 Å². The van der Waals surface area contributed by atoms with Gasteiger partial charge in [0.15, 0.2) is 6.10 Å². The van der Waals surface area contributed by atoms with Crippen molar-refractivity contribution in [2.75, 3.05) is 19.8 Å². The number of carbonyl (C=O) groups is 2. The number of esters is 2. The second-order valence-corrected chi connectivity index (χ2v) is 17.8. The Morgan fingerprint density at radius 1 is 0.355 bits per heavy atom. The summed E-state index contributed by atoms with van der Waals surface area (Å²) in [7, 11) is 0. The first kappa shape index (κ1) is 59.6. The maximum Gasteiger partial charge on any atom is 0.306 e. The molecule has 1 unspecified atom stereocenters. The van der Waals surface area contributed by atoms with Crippen LogP contribution in [-0.2, 0) is 23.8 Å². The van der Waals surface area contributed by atoms with Crippen molar-refractivity contribution in [2.24, 2.45) is 0 Å². The Hall–Kier alpha value is -2.40. The summed E-state index contributed by atoms with van der Waals surface area (Å²) in [5.74, 6) is -0.412. The fourth-order valence-corrected chi connectivity index (χ4v) is 7.43. The Kier molecular flexibility index (Phi) is 50.9. The first-order valence-electron chi connectivity index (χ1n) is 26.8. The third-order valence-electron chi connectivity index (χ3n) is 11.5. The highest BCUT2D eigenvalue weighted by Gasteiger charge is 2.17. The molecule has 0 fully saturated rings. The van der Waals surface area contributed by atoms with E-state index >= 15 is 0 Å². The average molecular weight is 867 g/mol. The van der Waals surface area contributed by atoms with E-state index in [1.165, 1.54) is 167 Å². The van der Waals surface area contributed by atoms with E-state index in [4.69, 9.17) is 14.2 Å². The van der Waals surface area contributed by atoms with Crippen LogP contribution in [0.3, 0.4) is 0 Å². The van der Waals surface area contributed by atoms with E-state index in [9.17, 15) is 9.59 Å². The Balaban J connectivity index is 4.27. The molecule has 62 heavy (non-hydrogen) atoms. The second kappa shape index (κ2) is 52.9. The quantitative estimate of drug-likeness (QED) is 0.0346. The number of allylic oxidation sites excluding steroid dienone is 10. The fourth-order valence-electron chi connectivity index (χ4n) is 7.43. The van der Waals surface area contributed by atoms with Crippen molar-refractivity contribution in [1.29, 1.82) is 0 Å². The van der Waals surface area contributed by atoms with E-state index in [1.54, 1.807) is 0 Å². The van der Waals surface area contributed by atoms with Crippen LogP contribution in [0, 0.1) is 0 Å². The van der Waals surface area contributed by atoms with E-state index in [0.29, 0.717) is 19.4 Å². The maximum atomic E-state index is 12.8. The van der Waals surface area contributed by atoms with E-state index in [1.807, 2.05) is 0 Å². The smallest absolute Gasteiger partial charge is 0.306 e. The maximum absolute atomic E-state index is 12.8. The van der Waals surface area contributed by atoms with E-state index in [-0.39, 0.29) is 25.2 Å². The van der Waals surface area contributed by atoms with Crippen molar-refractivity contribution >= 4 is 11.9 Å². The number of carbonyl (C=O) groups excluding carboxylic acids is 2. The molecular weight excluding hydrogens is 765 g/mol. The molecular formula is C57H102O5. The van der Waals surface area contributed by atoms with Gasteiger partial charge in [-0.05, 0) is 103 Å². The molecule has 0 aliphatic heterocycles. The van der Waals surface area contributed by atoms with Crippen LogP contribution in [0.2, 0.25) is 0 Å².